The molecule has 0 saturated carbocycles. The first kappa shape index (κ1) is 11.4. The third-order valence-electron chi connectivity index (χ3n) is 1.21. The van der Waals surface area contributed by atoms with E-state index in [1.54, 1.807) is 0 Å². The van der Waals surface area contributed by atoms with Gasteiger partial charge in [-0.2, -0.15) is 13.2 Å². The number of halogens is 3. The van der Waals surface area contributed by atoms with E-state index in [0.29, 0.717) is 11.5 Å². The van der Waals surface area contributed by atoms with Gasteiger partial charge in [-0.05, 0) is 0 Å². The van der Waals surface area contributed by atoms with E-state index >= 15 is 0 Å². The Kier molecular flexibility index (Phi) is 2.88. The lowest BCUT2D eigenvalue weighted by Gasteiger charge is -2.05. The molecule has 0 fully saturated rings. The van der Waals surface area contributed by atoms with Gasteiger partial charge in [0.2, 0.25) is 0 Å². The number of carbonyl (C=O) groups excluding carboxylic acids is 2. The molecule has 0 saturated heterocycles. The molecule has 0 atom stereocenters. The molecule has 0 aliphatic carbocycles. The highest BCUT2D eigenvalue weighted by molar-refractivity contribution is 7.10. The molecule has 1 aromatic rings. The van der Waals surface area contributed by atoms with Gasteiger partial charge in [-0.1, -0.05) is 4.49 Å². The zero-order valence-corrected chi connectivity index (χ0v) is 7.65. The van der Waals surface area contributed by atoms with E-state index in [0.717, 1.165) is 0 Å². The number of alkyl halides is 3. The summed E-state index contributed by atoms with van der Waals surface area (Å²) in [5, 5.41) is 4.18. The van der Waals surface area contributed by atoms with Crippen LogP contribution in [0.2, 0.25) is 0 Å². The van der Waals surface area contributed by atoms with E-state index in [-0.39, 0.29) is 0 Å². The van der Waals surface area contributed by atoms with Gasteiger partial charge in [-0.25, -0.2) is 0 Å². The maximum atomic E-state index is 11.8. The van der Waals surface area contributed by atoms with Crippen LogP contribution < -0.4 is 11.1 Å². The van der Waals surface area contributed by atoms with Crippen LogP contribution in [0.5, 0.6) is 0 Å². The Morgan fingerprint density at radius 2 is 2.00 bits per heavy atom. The minimum Gasteiger partial charge on any atom is -0.364 e. The quantitative estimate of drug-likeness (QED) is 0.768. The molecule has 6 nitrogen and oxygen atoms in total. The van der Waals surface area contributed by atoms with Crippen molar-refractivity contribution in [2.75, 3.05) is 5.32 Å². The van der Waals surface area contributed by atoms with Crippen molar-refractivity contribution in [1.82, 2.24) is 9.59 Å². The van der Waals surface area contributed by atoms with E-state index in [2.05, 4.69) is 9.59 Å². The molecule has 2 amide bonds. The molecule has 0 spiro atoms. The Labute approximate surface area is 84.4 Å². The predicted molar refractivity (Wildman–Crippen MR) is 43.1 cm³/mol. The zero-order valence-electron chi connectivity index (χ0n) is 6.83. The number of carbonyl (C=O) groups is 2. The maximum absolute atomic E-state index is 11.8. The molecule has 0 aliphatic heterocycles. The fraction of sp³-hybridized carbons (Fsp3) is 0.200. The number of aromatic nitrogens is 2. The number of nitrogens with one attached hydrogen (secondary N) is 1. The van der Waals surface area contributed by atoms with Crippen molar-refractivity contribution in [3.63, 3.8) is 0 Å². The highest BCUT2D eigenvalue weighted by Gasteiger charge is 2.39. The first-order valence-corrected chi connectivity index (χ1v) is 4.10. The third kappa shape index (κ3) is 2.62. The zero-order chi connectivity index (χ0) is 11.6. The smallest absolute Gasteiger partial charge is 0.364 e. The first-order chi connectivity index (χ1) is 6.82. The van der Waals surface area contributed by atoms with Crippen LogP contribution in [0, 0.1) is 0 Å². The van der Waals surface area contributed by atoms with E-state index in [1.165, 1.54) is 5.32 Å². The van der Waals surface area contributed by atoms with Crippen molar-refractivity contribution in [1.29, 1.82) is 0 Å². The molecular formula is C5H3F3N4O2S. The number of rotatable bonds is 2. The summed E-state index contributed by atoms with van der Waals surface area (Å²) in [6.07, 6.45) is -5.04. The lowest BCUT2D eigenvalue weighted by molar-refractivity contribution is -0.167. The molecule has 0 unspecified atom stereocenters. The molecule has 82 valence electrons. The Morgan fingerprint density at radius 3 is 2.47 bits per heavy atom. The number of nitrogens with two attached hydrogens (primary N) is 1. The largest absolute Gasteiger partial charge is 0.471 e. The predicted octanol–water partition coefficient (Wildman–Crippen LogP) is 0.138. The first-order valence-electron chi connectivity index (χ1n) is 3.32. The topological polar surface area (TPSA) is 98.0 Å². The number of amides is 2. The van der Waals surface area contributed by atoms with Crippen LogP contribution in [0.15, 0.2) is 0 Å². The normalized spacial score (nSPS) is 11.1. The van der Waals surface area contributed by atoms with Gasteiger partial charge in [0, 0.05) is 11.5 Å². The van der Waals surface area contributed by atoms with E-state index in [9.17, 15) is 22.8 Å². The Hall–Kier alpha value is -1.71. The second-order valence-electron chi connectivity index (χ2n) is 2.27. The van der Waals surface area contributed by atoms with Crippen LogP contribution in [0.25, 0.3) is 0 Å². The lowest BCUT2D eigenvalue weighted by atomic mass is 10.4. The summed E-state index contributed by atoms with van der Waals surface area (Å²) < 4.78 is 38.6. The van der Waals surface area contributed by atoms with Crippen LogP contribution in [0.4, 0.5) is 18.2 Å². The fourth-order valence-electron chi connectivity index (χ4n) is 0.608. The molecule has 0 aliphatic rings. The molecular weight excluding hydrogens is 237 g/mol. The van der Waals surface area contributed by atoms with Gasteiger partial charge >= 0.3 is 12.1 Å². The van der Waals surface area contributed by atoms with E-state index < -0.39 is 28.7 Å². The summed E-state index contributed by atoms with van der Waals surface area (Å²) in [6, 6.07) is 0. The second-order valence-corrected chi connectivity index (χ2v) is 3.02. The van der Waals surface area contributed by atoms with Crippen LogP contribution in [-0.2, 0) is 4.79 Å². The molecule has 10 heteroatoms. The summed E-state index contributed by atoms with van der Waals surface area (Å²) in [5.41, 5.74) is 4.27. The van der Waals surface area contributed by atoms with Crippen LogP contribution >= 0.6 is 11.5 Å². The van der Waals surface area contributed by atoms with Crippen molar-refractivity contribution < 1.29 is 22.8 Å². The summed E-state index contributed by atoms with van der Waals surface area (Å²) in [4.78, 5) is 21.1. The van der Waals surface area contributed by atoms with Gasteiger partial charge in [0.25, 0.3) is 5.91 Å². The van der Waals surface area contributed by atoms with Crippen molar-refractivity contribution >= 4 is 28.3 Å². The van der Waals surface area contributed by atoms with Crippen molar-refractivity contribution in [2.24, 2.45) is 5.73 Å². The average Bonchev–Trinajstić information content (AvgIpc) is 2.50. The van der Waals surface area contributed by atoms with Crippen molar-refractivity contribution in [3.05, 3.63) is 5.69 Å². The summed E-state index contributed by atoms with van der Waals surface area (Å²) in [5.74, 6) is -3.28. The highest BCUT2D eigenvalue weighted by Crippen LogP contribution is 2.22. The number of anilines is 1. The minimum absolute atomic E-state index is 0.426. The second kappa shape index (κ2) is 3.81. The number of hydrogen-bond acceptors (Lipinski definition) is 5. The molecule has 1 heterocycles. The fourth-order valence-corrected chi connectivity index (χ4v) is 1.18. The van der Waals surface area contributed by atoms with Crippen molar-refractivity contribution in [2.45, 2.75) is 6.18 Å². The minimum atomic E-state index is -5.04. The van der Waals surface area contributed by atoms with Gasteiger partial charge < -0.3 is 11.1 Å². The van der Waals surface area contributed by atoms with Crippen LogP contribution in [-0.4, -0.2) is 27.6 Å². The molecule has 15 heavy (non-hydrogen) atoms. The summed E-state index contributed by atoms with van der Waals surface area (Å²) in [7, 11) is 0. The van der Waals surface area contributed by atoms with Gasteiger partial charge in [-0.15, -0.1) is 5.10 Å². The third-order valence-corrected chi connectivity index (χ3v) is 1.85. The van der Waals surface area contributed by atoms with Crippen LogP contribution in [0.3, 0.4) is 0 Å². The molecule has 1 aromatic heterocycles. The van der Waals surface area contributed by atoms with Crippen LogP contribution in [0.1, 0.15) is 10.5 Å². The van der Waals surface area contributed by atoms with Gasteiger partial charge in [0.1, 0.15) is 5.00 Å². The SMILES string of the molecule is NC(=O)c1nnsc1NC(=O)C(F)(F)F. The average molecular weight is 240 g/mol. The molecule has 0 aromatic carbocycles. The molecule has 3 N–H and O–H groups in total. The van der Waals surface area contributed by atoms with Gasteiger partial charge in [0.15, 0.2) is 5.69 Å². The maximum Gasteiger partial charge on any atom is 0.471 e. The Morgan fingerprint density at radius 1 is 1.40 bits per heavy atom. The summed E-state index contributed by atoms with van der Waals surface area (Å²) in [6.45, 7) is 0. The Balaban J connectivity index is 2.86. The van der Waals surface area contributed by atoms with Crippen molar-refractivity contribution in [3.8, 4) is 0 Å². The number of hydrogen-bond donors (Lipinski definition) is 2. The molecule has 1 rings (SSSR count). The summed E-state index contributed by atoms with van der Waals surface area (Å²) >= 11 is 0.428. The molecule has 0 radical (unpaired) electrons. The Bertz CT molecular complexity index is 401. The lowest BCUT2D eigenvalue weighted by Crippen LogP contribution is -2.30. The number of primary amides is 1. The standard InChI is InChI=1S/C5H3F3N4O2S/c6-5(7,8)4(14)10-3-1(2(9)13)11-12-15-3/h(H2,9,13)(H,10,14). The monoisotopic (exact) mass is 240 g/mol. The van der Waals surface area contributed by atoms with Gasteiger partial charge in [-0.3, -0.25) is 9.59 Å². The van der Waals surface area contributed by atoms with E-state index in [1.807, 2.05) is 0 Å². The highest BCUT2D eigenvalue weighted by atomic mass is 32.1. The van der Waals surface area contributed by atoms with Gasteiger partial charge in [0.05, 0.1) is 0 Å². The molecule has 0 bridgehead atoms. The number of nitrogens with zero attached hydrogens (tertiary/aromatic N) is 2. The van der Waals surface area contributed by atoms with E-state index in [4.69, 9.17) is 5.73 Å².